The van der Waals surface area contributed by atoms with Crippen LogP contribution in [-0.2, 0) is 11.2 Å². The standard InChI is InChI=1S/C18H19NO3/c1-12-5-3-4-6-14(12)10-18(20)19-13(2)15-7-8-16-17(9-15)22-11-21-16/h3-9,13H,10-11H2,1-2H3,(H,19,20). The second kappa shape index (κ2) is 6.10. The van der Waals surface area contributed by atoms with Crippen molar-refractivity contribution in [2.24, 2.45) is 0 Å². The fraction of sp³-hybridized carbons (Fsp3) is 0.278. The lowest BCUT2D eigenvalue weighted by Crippen LogP contribution is -2.28. The Morgan fingerprint density at radius 2 is 1.95 bits per heavy atom. The summed E-state index contributed by atoms with van der Waals surface area (Å²) in [5.41, 5.74) is 3.19. The molecule has 0 saturated carbocycles. The highest BCUT2D eigenvalue weighted by Gasteiger charge is 2.17. The van der Waals surface area contributed by atoms with Crippen LogP contribution in [0, 0.1) is 6.92 Å². The van der Waals surface area contributed by atoms with E-state index in [-0.39, 0.29) is 18.7 Å². The molecular formula is C18H19NO3. The topological polar surface area (TPSA) is 47.6 Å². The summed E-state index contributed by atoms with van der Waals surface area (Å²) in [7, 11) is 0. The number of rotatable bonds is 4. The molecule has 114 valence electrons. The zero-order chi connectivity index (χ0) is 15.5. The number of aryl methyl sites for hydroxylation is 1. The molecule has 1 aliphatic heterocycles. The van der Waals surface area contributed by atoms with Crippen molar-refractivity contribution in [3.05, 3.63) is 59.2 Å². The van der Waals surface area contributed by atoms with E-state index in [1.54, 1.807) is 0 Å². The molecule has 0 aliphatic carbocycles. The summed E-state index contributed by atoms with van der Waals surface area (Å²) < 4.78 is 10.7. The molecule has 0 radical (unpaired) electrons. The van der Waals surface area contributed by atoms with Crippen molar-refractivity contribution in [3.8, 4) is 11.5 Å². The average molecular weight is 297 g/mol. The number of fused-ring (bicyclic) bond motifs is 1. The van der Waals surface area contributed by atoms with Crippen molar-refractivity contribution in [2.75, 3.05) is 6.79 Å². The lowest BCUT2D eigenvalue weighted by Gasteiger charge is -2.15. The smallest absolute Gasteiger partial charge is 0.231 e. The predicted octanol–water partition coefficient (Wildman–Crippen LogP) is 3.14. The van der Waals surface area contributed by atoms with Gasteiger partial charge in [-0.3, -0.25) is 4.79 Å². The maximum atomic E-state index is 12.2. The van der Waals surface area contributed by atoms with Gasteiger partial charge in [-0.15, -0.1) is 0 Å². The van der Waals surface area contributed by atoms with E-state index in [1.807, 2.05) is 56.3 Å². The molecular weight excluding hydrogens is 278 g/mol. The van der Waals surface area contributed by atoms with E-state index < -0.39 is 0 Å². The Morgan fingerprint density at radius 1 is 1.18 bits per heavy atom. The third-order valence-electron chi connectivity index (χ3n) is 3.89. The number of hydrogen-bond acceptors (Lipinski definition) is 3. The first-order valence-electron chi connectivity index (χ1n) is 7.37. The number of benzene rings is 2. The number of hydrogen-bond donors (Lipinski definition) is 1. The van der Waals surface area contributed by atoms with Crippen molar-refractivity contribution in [1.82, 2.24) is 5.32 Å². The van der Waals surface area contributed by atoms with Gasteiger partial charge in [-0.25, -0.2) is 0 Å². The SMILES string of the molecule is Cc1ccccc1CC(=O)NC(C)c1ccc2c(c1)OCO2. The fourth-order valence-electron chi connectivity index (χ4n) is 2.54. The van der Waals surface area contributed by atoms with Gasteiger partial charge in [0.25, 0.3) is 0 Å². The van der Waals surface area contributed by atoms with Crippen LogP contribution in [0.4, 0.5) is 0 Å². The molecule has 0 bridgehead atoms. The van der Waals surface area contributed by atoms with Gasteiger partial charge >= 0.3 is 0 Å². The summed E-state index contributed by atoms with van der Waals surface area (Å²) in [6.45, 7) is 4.24. The van der Waals surface area contributed by atoms with Crippen LogP contribution in [-0.4, -0.2) is 12.7 Å². The Labute approximate surface area is 130 Å². The number of amides is 1. The van der Waals surface area contributed by atoms with E-state index >= 15 is 0 Å². The number of carbonyl (C=O) groups is 1. The molecule has 1 heterocycles. The summed E-state index contributed by atoms with van der Waals surface area (Å²) in [6, 6.07) is 13.6. The van der Waals surface area contributed by atoms with Crippen molar-refractivity contribution >= 4 is 5.91 Å². The van der Waals surface area contributed by atoms with Crippen molar-refractivity contribution in [1.29, 1.82) is 0 Å². The van der Waals surface area contributed by atoms with Crippen LogP contribution in [0.2, 0.25) is 0 Å². The van der Waals surface area contributed by atoms with Gasteiger partial charge in [-0.1, -0.05) is 30.3 Å². The summed E-state index contributed by atoms with van der Waals surface area (Å²) in [5, 5.41) is 3.03. The quantitative estimate of drug-likeness (QED) is 0.943. The van der Waals surface area contributed by atoms with Crippen LogP contribution in [0.25, 0.3) is 0 Å². The Kier molecular flexibility index (Phi) is 4.00. The Balaban J connectivity index is 1.65. The molecule has 2 aromatic carbocycles. The predicted molar refractivity (Wildman–Crippen MR) is 84.0 cm³/mol. The first-order chi connectivity index (χ1) is 10.6. The second-order valence-electron chi connectivity index (χ2n) is 5.51. The summed E-state index contributed by atoms with van der Waals surface area (Å²) in [4.78, 5) is 12.2. The van der Waals surface area contributed by atoms with E-state index in [2.05, 4.69) is 5.32 Å². The van der Waals surface area contributed by atoms with Crippen LogP contribution in [0.5, 0.6) is 11.5 Å². The van der Waals surface area contributed by atoms with Gasteiger partial charge in [-0.05, 0) is 42.7 Å². The molecule has 0 aromatic heterocycles. The molecule has 3 rings (SSSR count). The first kappa shape index (κ1) is 14.4. The van der Waals surface area contributed by atoms with Gasteiger partial charge < -0.3 is 14.8 Å². The average Bonchev–Trinajstić information content (AvgIpc) is 2.97. The van der Waals surface area contributed by atoms with Gasteiger partial charge in [-0.2, -0.15) is 0 Å². The molecule has 4 nitrogen and oxygen atoms in total. The van der Waals surface area contributed by atoms with Crippen LogP contribution < -0.4 is 14.8 Å². The minimum Gasteiger partial charge on any atom is -0.454 e. The summed E-state index contributed by atoms with van der Waals surface area (Å²) in [5.74, 6) is 1.50. The maximum Gasteiger partial charge on any atom is 0.231 e. The largest absolute Gasteiger partial charge is 0.454 e. The lowest BCUT2D eigenvalue weighted by atomic mass is 10.0. The van der Waals surface area contributed by atoms with Gasteiger partial charge in [0, 0.05) is 0 Å². The molecule has 1 aliphatic rings. The van der Waals surface area contributed by atoms with Crippen LogP contribution in [0.15, 0.2) is 42.5 Å². The molecule has 4 heteroatoms. The number of nitrogens with one attached hydrogen (secondary N) is 1. The zero-order valence-corrected chi connectivity index (χ0v) is 12.8. The molecule has 0 spiro atoms. The number of ether oxygens (including phenoxy) is 2. The molecule has 22 heavy (non-hydrogen) atoms. The van der Waals surface area contributed by atoms with E-state index in [9.17, 15) is 4.79 Å². The Hall–Kier alpha value is -2.49. The molecule has 0 saturated heterocycles. The number of carbonyl (C=O) groups excluding carboxylic acids is 1. The van der Waals surface area contributed by atoms with Gasteiger partial charge in [0.15, 0.2) is 11.5 Å². The van der Waals surface area contributed by atoms with E-state index in [1.165, 1.54) is 0 Å². The molecule has 1 N–H and O–H groups in total. The highest BCUT2D eigenvalue weighted by atomic mass is 16.7. The van der Waals surface area contributed by atoms with Gasteiger partial charge in [0.2, 0.25) is 12.7 Å². The van der Waals surface area contributed by atoms with Crippen LogP contribution in [0.1, 0.15) is 29.7 Å². The normalized spacial score (nSPS) is 13.7. The molecule has 1 unspecified atom stereocenters. The minimum absolute atomic E-state index is 0.0134. The summed E-state index contributed by atoms with van der Waals surface area (Å²) in [6.07, 6.45) is 0.390. The molecule has 2 aromatic rings. The molecule has 0 fully saturated rings. The highest BCUT2D eigenvalue weighted by molar-refractivity contribution is 5.79. The third-order valence-corrected chi connectivity index (χ3v) is 3.89. The Bertz CT molecular complexity index is 696. The monoisotopic (exact) mass is 297 g/mol. The third kappa shape index (κ3) is 3.06. The fourth-order valence-corrected chi connectivity index (χ4v) is 2.54. The van der Waals surface area contributed by atoms with Gasteiger partial charge in [0.1, 0.15) is 0 Å². The van der Waals surface area contributed by atoms with E-state index in [0.29, 0.717) is 6.42 Å². The van der Waals surface area contributed by atoms with E-state index in [4.69, 9.17) is 9.47 Å². The van der Waals surface area contributed by atoms with Crippen molar-refractivity contribution in [2.45, 2.75) is 26.3 Å². The zero-order valence-electron chi connectivity index (χ0n) is 12.8. The summed E-state index contributed by atoms with van der Waals surface area (Å²) >= 11 is 0. The van der Waals surface area contributed by atoms with E-state index in [0.717, 1.165) is 28.2 Å². The van der Waals surface area contributed by atoms with Crippen LogP contribution in [0.3, 0.4) is 0 Å². The van der Waals surface area contributed by atoms with Crippen molar-refractivity contribution in [3.63, 3.8) is 0 Å². The molecule has 1 amide bonds. The Morgan fingerprint density at radius 3 is 2.77 bits per heavy atom. The van der Waals surface area contributed by atoms with Crippen LogP contribution >= 0.6 is 0 Å². The first-order valence-corrected chi connectivity index (χ1v) is 7.37. The second-order valence-corrected chi connectivity index (χ2v) is 5.51. The van der Waals surface area contributed by atoms with Crippen molar-refractivity contribution < 1.29 is 14.3 Å². The minimum atomic E-state index is -0.0778. The highest BCUT2D eigenvalue weighted by Crippen LogP contribution is 2.34. The molecule has 1 atom stereocenters. The van der Waals surface area contributed by atoms with Gasteiger partial charge in [0.05, 0.1) is 12.5 Å². The lowest BCUT2D eigenvalue weighted by molar-refractivity contribution is -0.121. The maximum absolute atomic E-state index is 12.2.